The van der Waals surface area contributed by atoms with E-state index in [2.05, 4.69) is 10.6 Å². The molecule has 0 atom stereocenters. The normalized spacial score (nSPS) is 13.0. The maximum atomic E-state index is 12.9. The smallest absolute Gasteiger partial charge is 0.414 e. The monoisotopic (exact) mass is 464 g/mol. The highest BCUT2D eigenvalue weighted by atomic mass is 32.2. The lowest BCUT2D eigenvalue weighted by atomic mass is 10.1. The van der Waals surface area contributed by atoms with Crippen molar-refractivity contribution in [3.63, 3.8) is 0 Å². The number of hydrogen-bond acceptors (Lipinski definition) is 7. The molecule has 2 aromatic rings. The fourth-order valence-corrected chi connectivity index (χ4v) is 5.70. The van der Waals surface area contributed by atoms with Crippen LogP contribution < -0.4 is 10.6 Å². The number of thiophene rings is 1. The molecule has 3 rings (SSSR count). The van der Waals surface area contributed by atoms with Crippen molar-refractivity contribution < 1.29 is 27.5 Å². The van der Waals surface area contributed by atoms with Gasteiger partial charge in [0.2, 0.25) is 0 Å². The number of nitrogens with one attached hydrogen (secondary N) is 2. The summed E-state index contributed by atoms with van der Waals surface area (Å²) in [4.78, 5) is 38.3. The molecular formula is C21H24N2O6S2. The quantitative estimate of drug-likeness (QED) is 0.675. The van der Waals surface area contributed by atoms with Crippen molar-refractivity contribution in [2.75, 3.05) is 11.9 Å². The fraction of sp³-hybridized carbons (Fsp3) is 0.381. The number of anilines is 1. The summed E-state index contributed by atoms with van der Waals surface area (Å²) in [7, 11) is -3.54. The number of carbonyl (C=O) groups is 3. The predicted molar refractivity (Wildman–Crippen MR) is 118 cm³/mol. The SMILES string of the molecule is CCOC(=O)NC(=O)c1c(NC(=O)c2cccc(S(=O)(=O)C(C)C)c2)sc2c1CCC2. The van der Waals surface area contributed by atoms with Crippen LogP contribution in [0.5, 0.6) is 0 Å². The van der Waals surface area contributed by atoms with Crippen molar-refractivity contribution in [3.05, 3.63) is 45.8 Å². The van der Waals surface area contributed by atoms with Crippen LogP contribution in [0, 0.1) is 0 Å². The van der Waals surface area contributed by atoms with Gasteiger partial charge in [0.25, 0.3) is 11.8 Å². The molecule has 2 N–H and O–H groups in total. The van der Waals surface area contributed by atoms with E-state index in [4.69, 9.17) is 4.74 Å². The van der Waals surface area contributed by atoms with Gasteiger partial charge in [-0.3, -0.25) is 14.9 Å². The van der Waals surface area contributed by atoms with Crippen molar-refractivity contribution in [3.8, 4) is 0 Å². The van der Waals surface area contributed by atoms with Crippen LogP contribution in [0.25, 0.3) is 0 Å². The average Bonchev–Trinajstić information content (AvgIpc) is 3.28. The van der Waals surface area contributed by atoms with Gasteiger partial charge in [0.15, 0.2) is 9.84 Å². The largest absolute Gasteiger partial charge is 0.450 e. The molecule has 1 aromatic carbocycles. The summed E-state index contributed by atoms with van der Waals surface area (Å²) in [6.07, 6.45) is 1.51. The molecule has 0 unspecified atom stereocenters. The number of aryl methyl sites for hydroxylation is 1. The van der Waals surface area contributed by atoms with E-state index in [0.717, 1.165) is 23.3 Å². The molecule has 166 valence electrons. The highest BCUT2D eigenvalue weighted by Crippen LogP contribution is 2.39. The van der Waals surface area contributed by atoms with Crippen LogP contribution in [0.15, 0.2) is 29.2 Å². The molecule has 3 amide bonds. The van der Waals surface area contributed by atoms with Crippen molar-refractivity contribution in [2.45, 2.75) is 50.2 Å². The van der Waals surface area contributed by atoms with Crippen LogP contribution in [-0.2, 0) is 27.4 Å². The van der Waals surface area contributed by atoms with E-state index in [1.165, 1.54) is 35.6 Å². The summed E-state index contributed by atoms with van der Waals surface area (Å²) in [6.45, 7) is 4.90. The van der Waals surface area contributed by atoms with Gasteiger partial charge >= 0.3 is 6.09 Å². The Morgan fingerprint density at radius 2 is 1.90 bits per heavy atom. The maximum Gasteiger partial charge on any atom is 0.414 e. The molecule has 1 aliphatic rings. The molecular weight excluding hydrogens is 440 g/mol. The van der Waals surface area contributed by atoms with Gasteiger partial charge in [0, 0.05) is 10.4 Å². The Kier molecular flexibility index (Phi) is 6.80. The Hall–Kier alpha value is -2.72. The molecule has 1 aliphatic carbocycles. The number of carbonyl (C=O) groups excluding carboxylic acids is 3. The number of fused-ring (bicyclic) bond motifs is 1. The van der Waals surface area contributed by atoms with Gasteiger partial charge in [0.05, 0.1) is 22.3 Å². The second kappa shape index (κ2) is 9.19. The highest BCUT2D eigenvalue weighted by Gasteiger charge is 2.29. The van der Waals surface area contributed by atoms with Crippen LogP contribution in [0.2, 0.25) is 0 Å². The van der Waals surface area contributed by atoms with Crippen molar-refractivity contribution in [1.82, 2.24) is 5.32 Å². The zero-order valence-corrected chi connectivity index (χ0v) is 19.1. The molecule has 1 heterocycles. The lowest BCUT2D eigenvalue weighted by molar-refractivity contribution is 0.0925. The summed E-state index contributed by atoms with van der Waals surface area (Å²) in [5, 5.41) is 4.61. The summed E-state index contributed by atoms with van der Waals surface area (Å²) < 4.78 is 29.6. The number of benzene rings is 1. The third-order valence-electron chi connectivity index (χ3n) is 4.91. The molecule has 31 heavy (non-hydrogen) atoms. The van der Waals surface area contributed by atoms with Gasteiger partial charge in [-0.05, 0) is 63.8 Å². The maximum absolute atomic E-state index is 12.9. The van der Waals surface area contributed by atoms with Gasteiger partial charge in [-0.25, -0.2) is 13.2 Å². The van der Waals surface area contributed by atoms with Gasteiger partial charge in [0.1, 0.15) is 5.00 Å². The van der Waals surface area contributed by atoms with E-state index < -0.39 is 33.0 Å². The van der Waals surface area contributed by atoms with Gasteiger partial charge < -0.3 is 10.1 Å². The van der Waals surface area contributed by atoms with Crippen LogP contribution in [0.1, 0.15) is 58.3 Å². The Morgan fingerprint density at radius 3 is 2.58 bits per heavy atom. The molecule has 0 aliphatic heterocycles. The summed E-state index contributed by atoms with van der Waals surface area (Å²) >= 11 is 1.29. The van der Waals surface area contributed by atoms with Crippen LogP contribution in [0.3, 0.4) is 0 Å². The van der Waals surface area contributed by atoms with E-state index in [9.17, 15) is 22.8 Å². The number of sulfone groups is 1. The van der Waals surface area contributed by atoms with E-state index in [-0.39, 0.29) is 22.6 Å². The lowest BCUT2D eigenvalue weighted by Gasteiger charge is -2.11. The Bertz CT molecular complexity index is 1130. The number of alkyl carbamates (subject to hydrolysis) is 1. The molecule has 0 saturated heterocycles. The Morgan fingerprint density at radius 1 is 1.16 bits per heavy atom. The van der Waals surface area contributed by atoms with Gasteiger partial charge in [-0.1, -0.05) is 6.07 Å². The molecule has 1 aromatic heterocycles. The lowest BCUT2D eigenvalue weighted by Crippen LogP contribution is -2.32. The number of imide groups is 1. The van der Waals surface area contributed by atoms with Crippen molar-refractivity contribution >= 4 is 44.1 Å². The second-order valence-corrected chi connectivity index (χ2v) is 10.9. The Balaban J connectivity index is 1.89. The zero-order valence-electron chi connectivity index (χ0n) is 17.5. The zero-order chi connectivity index (χ0) is 22.8. The topological polar surface area (TPSA) is 119 Å². The first kappa shape index (κ1) is 23.0. The minimum atomic E-state index is -3.54. The van der Waals surface area contributed by atoms with Crippen molar-refractivity contribution in [2.24, 2.45) is 0 Å². The number of amides is 3. The average molecular weight is 465 g/mol. The molecule has 0 bridgehead atoms. The summed E-state index contributed by atoms with van der Waals surface area (Å²) in [6, 6.07) is 5.79. The van der Waals surface area contributed by atoms with E-state index in [1.54, 1.807) is 20.8 Å². The number of ether oxygens (including phenoxy) is 1. The second-order valence-electron chi connectivity index (χ2n) is 7.31. The molecule has 8 nitrogen and oxygen atoms in total. The first-order valence-electron chi connectivity index (χ1n) is 9.93. The third kappa shape index (κ3) is 4.80. The van der Waals surface area contributed by atoms with Crippen molar-refractivity contribution in [1.29, 1.82) is 0 Å². The molecule has 0 radical (unpaired) electrons. The molecule has 10 heteroatoms. The third-order valence-corrected chi connectivity index (χ3v) is 8.27. The first-order chi connectivity index (χ1) is 14.6. The molecule has 0 saturated carbocycles. The highest BCUT2D eigenvalue weighted by molar-refractivity contribution is 7.92. The molecule has 0 spiro atoms. The van der Waals surface area contributed by atoms with E-state index in [1.807, 2.05) is 0 Å². The fourth-order valence-electron chi connectivity index (χ4n) is 3.32. The van der Waals surface area contributed by atoms with E-state index >= 15 is 0 Å². The molecule has 0 fully saturated rings. The minimum absolute atomic E-state index is 0.0594. The van der Waals surface area contributed by atoms with Crippen LogP contribution >= 0.6 is 11.3 Å². The van der Waals surface area contributed by atoms with Gasteiger partial charge in [-0.15, -0.1) is 11.3 Å². The minimum Gasteiger partial charge on any atom is -0.450 e. The summed E-state index contributed by atoms with van der Waals surface area (Å²) in [5.74, 6) is -1.17. The standard InChI is InChI=1S/C21H24N2O6S2/c1-4-29-21(26)23-19(25)17-15-9-6-10-16(15)30-20(17)22-18(24)13-7-5-8-14(11-13)31(27,28)12(2)3/h5,7-8,11-12H,4,6,9-10H2,1-3H3,(H,22,24)(H,23,25,26). The first-order valence-corrected chi connectivity index (χ1v) is 12.3. The number of rotatable bonds is 6. The predicted octanol–water partition coefficient (Wildman–Crippen LogP) is 3.56. The Labute approximate surface area is 184 Å². The van der Waals surface area contributed by atoms with Crippen LogP contribution in [-0.4, -0.2) is 38.2 Å². The van der Waals surface area contributed by atoms with E-state index in [0.29, 0.717) is 11.4 Å². The van der Waals surface area contributed by atoms with Gasteiger partial charge in [-0.2, -0.15) is 0 Å². The number of hydrogen-bond donors (Lipinski definition) is 2. The van der Waals surface area contributed by atoms with Crippen LogP contribution in [0.4, 0.5) is 9.80 Å². The summed E-state index contributed by atoms with van der Waals surface area (Å²) in [5.41, 5.74) is 1.23.